The van der Waals surface area contributed by atoms with Crippen molar-refractivity contribution in [3.63, 3.8) is 0 Å². The summed E-state index contributed by atoms with van der Waals surface area (Å²) in [5.74, 6) is 0.402. The fraction of sp³-hybridized carbons (Fsp3) is 0.400. The van der Waals surface area contributed by atoms with Gasteiger partial charge in [0.2, 0.25) is 0 Å². The normalized spacial score (nSPS) is 14.4. The van der Waals surface area contributed by atoms with Gasteiger partial charge in [0.25, 0.3) is 5.69 Å². The van der Waals surface area contributed by atoms with Crippen LogP contribution in [0.4, 0.5) is 5.69 Å². The summed E-state index contributed by atoms with van der Waals surface area (Å²) < 4.78 is 0. The number of nitro benzene ring substituents is 1. The fourth-order valence-electron chi connectivity index (χ4n) is 1.40. The first-order valence-corrected chi connectivity index (χ1v) is 5.41. The summed E-state index contributed by atoms with van der Waals surface area (Å²) in [4.78, 5) is 10.1. The van der Waals surface area contributed by atoms with Gasteiger partial charge in [0.05, 0.1) is 16.6 Å². The van der Waals surface area contributed by atoms with Gasteiger partial charge in [-0.1, -0.05) is 12.1 Å². The van der Waals surface area contributed by atoms with E-state index in [1.807, 2.05) is 0 Å². The zero-order valence-corrected chi connectivity index (χ0v) is 9.38. The van der Waals surface area contributed by atoms with Crippen molar-refractivity contribution in [1.82, 2.24) is 0 Å². The highest BCUT2D eigenvalue weighted by Crippen LogP contribution is 2.27. The Bertz CT molecular complexity index is 372. The summed E-state index contributed by atoms with van der Waals surface area (Å²) in [5, 5.41) is 30.0. The van der Waals surface area contributed by atoms with Crippen molar-refractivity contribution < 1.29 is 15.1 Å². The lowest BCUT2D eigenvalue weighted by atomic mass is 10.0. The molecule has 0 saturated heterocycles. The number of rotatable bonds is 5. The molecule has 0 aliphatic heterocycles. The van der Waals surface area contributed by atoms with Gasteiger partial charge < -0.3 is 10.2 Å². The van der Waals surface area contributed by atoms with Gasteiger partial charge in [-0.15, -0.1) is 0 Å². The summed E-state index contributed by atoms with van der Waals surface area (Å²) >= 11 is 3.93. The number of nitrogens with zero attached hydrogens (tertiary/aromatic N) is 1. The summed E-state index contributed by atoms with van der Waals surface area (Å²) in [6.07, 6.45) is -2.02. The molecule has 88 valence electrons. The van der Waals surface area contributed by atoms with Crippen molar-refractivity contribution in [2.75, 3.05) is 5.75 Å². The van der Waals surface area contributed by atoms with Crippen LogP contribution in [0.1, 0.15) is 18.1 Å². The van der Waals surface area contributed by atoms with E-state index in [0.717, 1.165) is 0 Å². The van der Waals surface area contributed by atoms with E-state index in [2.05, 4.69) is 12.6 Å². The topological polar surface area (TPSA) is 83.6 Å². The standard InChI is InChI=1S/C10H13NO4S/c12-9(5-6-16)10(13)7-3-1-2-4-8(7)11(14)15/h1-4,9-10,12-13,16H,5-6H2. The van der Waals surface area contributed by atoms with E-state index in [9.17, 15) is 20.3 Å². The van der Waals surface area contributed by atoms with Gasteiger partial charge in [-0.05, 0) is 18.2 Å². The van der Waals surface area contributed by atoms with E-state index in [1.165, 1.54) is 18.2 Å². The molecule has 1 rings (SSSR count). The lowest BCUT2D eigenvalue weighted by molar-refractivity contribution is -0.386. The van der Waals surface area contributed by atoms with Crippen molar-refractivity contribution in [1.29, 1.82) is 0 Å². The molecule has 0 bridgehead atoms. The van der Waals surface area contributed by atoms with Crippen LogP contribution in [0.3, 0.4) is 0 Å². The lowest BCUT2D eigenvalue weighted by Crippen LogP contribution is -2.19. The molecule has 5 nitrogen and oxygen atoms in total. The SMILES string of the molecule is O=[N+]([O-])c1ccccc1C(O)C(O)CCS. The maximum Gasteiger partial charge on any atom is 0.275 e. The second kappa shape index (κ2) is 5.83. The Balaban J connectivity index is 2.98. The largest absolute Gasteiger partial charge is 0.390 e. The zero-order valence-electron chi connectivity index (χ0n) is 8.48. The highest BCUT2D eigenvalue weighted by atomic mass is 32.1. The Hall–Kier alpha value is -1.11. The van der Waals surface area contributed by atoms with Crippen molar-refractivity contribution in [2.24, 2.45) is 0 Å². The number of hydrogen-bond donors (Lipinski definition) is 3. The Labute approximate surface area is 98.3 Å². The maximum atomic E-state index is 10.7. The number of para-hydroxylation sites is 1. The first-order valence-electron chi connectivity index (χ1n) is 4.78. The molecule has 0 amide bonds. The third kappa shape index (κ3) is 2.94. The van der Waals surface area contributed by atoms with Crippen LogP contribution < -0.4 is 0 Å². The first-order chi connectivity index (χ1) is 7.57. The van der Waals surface area contributed by atoms with E-state index in [-0.39, 0.29) is 17.7 Å². The Morgan fingerprint density at radius 1 is 1.38 bits per heavy atom. The molecule has 6 heteroatoms. The van der Waals surface area contributed by atoms with E-state index < -0.39 is 17.1 Å². The third-order valence-electron chi connectivity index (χ3n) is 2.24. The van der Waals surface area contributed by atoms with Gasteiger partial charge in [-0.2, -0.15) is 12.6 Å². The van der Waals surface area contributed by atoms with E-state index in [1.54, 1.807) is 6.07 Å². The minimum absolute atomic E-state index is 0.127. The second-order valence-corrected chi connectivity index (χ2v) is 3.79. The molecule has 2 atom stereocenters. The van der Waals surface area contributed by atoms with Gasteiger partial charge in [0, 0.05) is 6.07 Å². The zero-order chi connectivity index (χ0) is 12.1. The van der Waals surface area contributed by atoms with Crippen LogP contribution in [0.2, 0.25) is 0 Å². The molecule has 0 aliphatic rings. The van der Waals surface area contributed by atoms with Crippen molar-refractivity contribution in [3.8, 4) is 0 Å². The predicted molar refractivity (Wildman–Crippen MR) is 62.5 cm³/mol. The first kappa shape index (κ1) is 13.0. The van der Waals surface area contributed by atoms with Crippen LogP contribution in [-0.4, -0.2) is 27.0 Å². The third-order valence-corrected chi connectivity index (χ3v) is 2.50. The molecule has 0 aliphatic carbocycles. The van der Waals surface area contributed by atoms with E-state index in [0.29, 0.717) is 5.75 Å². The molecule has 2 N–H and O–H groups in total. The number of thiol groups is 1. The van der Waals surface area contributed by atoms with Crippen LogP contribution in [-0.2, 0) is 0 Å². The summed E-state index contributed by atoms with van der Waals surface area (Å²) in [5.41, 5.74) is -0.0602. The summed E-state index contributed by atoms with van der Waals surface area (Å²) in [6.45, 7) is 0. The van der Waals surface area contributed by atoms with Gasteiger partial charge in [-0.3, -0.25) is 10.1 Å². The fourth-order valence-corrected chi connectivity index (χ4v) is 1.67. The molecule has 0 saturated carbocycles. The van der Waals surface area contributed by atoms with Crippen molar-refractivity contribution in [3.05, 3.63) is 39.9 Å². The van der Waals surface area contributed by atoms with Crippen LogP contribution in [0, 0.1) is 10.1 Å². The van der Waals surface area contributed by atoms with Crippen molar-refractivity contribution >= 4 is 18.3 Å². The predicted octanol–water partition coefficient (Wildman–Crippen LogP) is 1.31. The van der Waals surface area contributed by atoms with Crippen LogP contribution >= 0.6 is 12.6 Å². The molecule has 2 unspecified atom stereocenters. The number of aliphatic hydroxyl groups excluding tert-OH is 2. The van der Waals surface area contributed by atoms with Gasteiger partial charge in [0.1, 0.15) is 6.10 Å². The molecular weight excluding hydrogens is 230 g/mol. The molecular formula is C10H13NO4S. The van der Waals surface area contributed by atoms with Gasteiger partial charge in [-0.25, -0.2) is 0 Å². The van der Waals surface area contributed by atoms with E-state index >= 15 is 0 Å². The summed E-state index contributed by atoms with van der Waals surface area (Å²) in [7, 11) is 0. The van der Waals surface area contributed by atoms with Gasteiger partial charge >= 0.3 is 0 Å². The molecule has 0 fully saturated rings. The smallest absolute Gasteiger partial charge is 0.275 e. The highest BCUT2D eigenvalue weighted by Gasteiger charge is 2.25. The number of benzene rings is 1. The maximum absolute atomic E-state index is 10.7. The number of hydrogen-bond acceptors (Lipinski definition) is 5. The molecule has 16 heavy (non-hydrogen) atoms. The lowest BCUT2D eigenvalue weighted by Gasteiger charge is -2.17. The molecule has 1 aromatic rings. The Morgan fingerprint density at radius 3 is 2.56 bits per heavy atom. The van der Waals surface area contributed by atoms with Gasteiger partial charge in [0.15, 0.2) is 0 Å². The number of aliphatic hydroxyl groups is 2. The molecule has 0 aromatic heterocycles. The molecule has 1 aromatic carbocycles. The van der Waals surface area contributed by atoms with Crippen LogP contribution in [0.15, 0.2) is 24.3 Å². The monoisotopic (exact) mass is 243 g/mol. The molecule has 0 spiro atoms. The molecule has 0 radical (unpaired) electrons. The minimum atomic E-state index is -1.26. The van der Waals surface area contributed by atoms with E-state index in [4.69, 9.17) is 0 Å². The molecule has 0 heterocycles. The van der Waals surface area contributed by atoms with Crippen molar-refractivity contribution in [2.45, 2.75) is 18.6 Å². The summed E-state index contributed by atoms with van der Waals surface area (Å²) in [6, 6.07) is 5.83. The minimum Gasteiger partial charge on any atom is -0.390 e. The second-order valence-electron chi connectivity index (χ2n) is 3.34. The Kier molecular flexibility index (Phi) is 4.72. The van der Waals surface area contributed by atoms with Crippen LogP contribution in [0.5, 0.6) is 0 Å². The Morgan fingerprint density at radius 2 is 2.00 bits per heavy atom. The average Bonchev–Trinajstić information content (AvgIpc) is 2.28. The highest BCUT2D eigenvalue weighted by molar-refractivity contribution is 7.80. The number of nitro groups is 1. The average molecular weight is 243 g/mol. The van der Waals surface area contributed by atoms with Crippen LogP contribution in [0.25, 0.3) is 0 Å². The quantitative estimate of drug-likeness (QED) is 0.413.